The summed E-state index contributed by atoms with van der Waals surface area (Å²) in [6.07, 6.45) is 5.25. The number of hydrogen-bond donors (Lipinski definition) is 4. The van der Waals surface area contributed by atoms with Crippen LogP contribution in [-0.2, 0) is 6.42 Å². The van der Waals surface area contributed by atoms with E-state index < -0.39 is 11.0 Å². The molecule has 2 heterocycles. The van der Waals surface area contributed by atoms with Gasteiger partial charge in [0.25, 0.3) is 0 Å². The summed E-state index contributed by atoms with van der Waals surface area (Å²) in [4.78, 5) is 13.3. The maximum Gasteiger partial charge on any atom is 0.204 e. The van der Waals surface area contributed by atoms with Gasteiger partial charge in [0, 0.05) is 5.56 Å². The highest BCUT2D eigenvalue weighted by atomic mass is 16.5. The number of benzene rings is 2. The average Bonchev–Trinajstić information content (AvgIpc) is 2.66. The smallest absolute Gasteiger partial charge is 0.204 e. The zero-order valence-corrected chi connectivity index (χ0v) is 16.0. The van der Waals surface area contributed by atoms with Crippen molar-refractivity contribution in [3.63, 3.8) is 0 Å². The Morgan fingerprint density at radius 2 is 1.90 bits per heavy atom. The Balaban J connectivity index is 2.05. The summed E-state index contributed by atoms with van der Waals surface area (Å²) >= 11 is 0. The van der Waals surface area contributed by atoms with Crippen molar-refractivity contribution in [2.75, 3.05) is 6.54 Å². The lowest BCUT2D eigenvalue weighted by atomic mass is 9.94. The Labute approximate surface area is 166 Å². The van der Waals surface area contributed by atoms with Gasteiger partial charge < -0.3 is 30.2 Å². The SMILES string of the molecule is CC1(C)C=Cc2c(c(CCN)c(O)c3c(=O)c(-c4ccc(O)c(O)c4)coc23)O1. The van der Waals surface area contributed by atoms with Gasteiger partial charge in [-0.05, 0) is 56.7 Å². The minimum Gasteiger partial charge on any atom is -0.507 e. The van der Waals surface area contributed by atoms with Gasteiger partial charge in [-0.2, -0.15) is 0 Å². The minimum absolute atomic E-state index is 0.0187. The first-order valence-corrected chi connectivity index (χ1v) is 9.17. The summed E-state index contributed by atoms with van der Waals surface area (Å²) in [7, 11) is 0. The van der Waals surface area contributed by atoms with Gasteiger partial charge in [0.2, 0.25) is 5.43 Å². The molecule has 1 aliphatic rings. The monoisotopic (exact) mass is 395 g/mol. The number of nitrogens with two attached hydrogens (primary N) is 1. The standard InChI is InChI=1S/C22H21NO6/c1-22(2)7-5-13-20(29-22)12(6-8-23)18(26)17-19(27)14(10-28-21(13)17)11-3-4-15(24)16(25)9-11/h3-5,7,9-10,24-26H,6,8,23H2,1-2H3. The van der Waals surface area contributed by atoms with Crippen molar-refractivity contribution in [1.82, 2.24) is 0 Å². The van der Waals surface area contributed by atoms with E-state index in [4.69, 9.17) is 14.9 Å². The van der Waals surface area contributed by atoms with Crippen LogP contribution in [0.3, 0.4) is 0 Å². The van der Waals surface area contributed by atoms with Gasteiger partial charge >= 0.3 is 0 Å². The first-order valence-electron chi connectivity index (χ1n) is 9.17. The van der Waals surface area contributed by atoms with E-state index in [1.165, 1.54) is 24.5 Å². The van der Waals surface area contributed by atoms with Crippen LogP contribution in [0.2, 0.25) is 0 Å². The fourth-order valence-electron chi connectivity index (χ4n) is 3.52. The van der Waals surface area contributed by atoms with Crippen molar-refractivity contribution in [1.29, 1.82) is 0 Å². The molecule has 150 valence electrons. The van der Waals surface area contributed by atoms with Crippen LogP contribution in [0.25, 0.3) is 28.2 Å². The van der Waals surface area contributed by atoms with Crippen LogP contribution in [0.4, 0.5) is 0 Å². The van der Waals surface area contributed by atoms with E-state index in [0.717, 1.165) is 0 Å². The lowest BCUT2D eigenvalue weighted by Crippen LogP contribution is -2.28. The number of ether oxygens (including phenoxy) is 1. The van der Waals surface area contributed by atoms with Crippen molar-refractivity contribution in [3.8, 4) is 34.1 Å². The summed E-state index contributed by atoms with van der Waals surface area (Å²) in [5.74, 6) is -0.440. The Bertz CT molecular complexity index is 1220. The molecule has 7 nitrogen and oxygen atoms in total. The topological polar surface area (TPSA) is 126 Å². The second-order valence-electron chi connectivity index (χ2n) is 7.53. The van der Waals surface area contributed by atoms with Gasteiger partial charge in [0.05, 0.1) is 11.1 Å². The number of rotatable bonds is 3. The molecular formula is C22H21NO6. The number of phenolic OH excluding ortho intramolecular Hbond substituents is 3. The molecule has 1 aliphatic heterocycles. The first kappa shape index (κ1) is 18.9. The fraction of sp³-hybridized carbons (Fsp3) is 0.227. The quantitative estimate of drug-likeness (QED) is 0.501. The largest absolute Gasteiger partial charge is 0.507 e. The summed E-state index contributed by atoms with van der Waals surface area (Å²) < 4.78 is 11.8. The average molecular weight is 395 g/mol. The van der Waals surface area contributed by atoms with Crippen LogP contribution in [0.1, 0.15) is 25.0 Å². The van der Waals surface area contributed by atoms with Crippen LogP contribution in [-0.4, -0.2) is 27.5 Å². The van der Waals surface area contributed by atoms with E-state index >= 15 is 0 Å². The third kappa shape index (κ3) is 3.00. The van der Waals surface area contributed by atoms with Gasteiger partial charge in [-0.25, -0.2) is 0 Å². The molecule has 0 unspecified atom stereocenters. The molecule has 0 fully saturated rings. The lowest BCUT2D eigenvalue weighted by molar-refractivity contribution is 0.156. The Kier molecular flexibility index (Phi) is 4.28. The molecule has 2 aromatic carbocycles. The fourth-order valence-corrected chi connectivity index (χ4v) is 3.52. The molecule has 0 saturated heterocycles. The molecule has 3 aromatic rings. The highest BCUT2D eigenvalue weighted by Gasteiger charge is 2.30. The zero-order chi connectivity index (χ0) is 20.9. The van der Waals surface area contributed by atoms with Gasteiger partial charge in [-0.1, -0.05) is 6.07 Å². The lowest BCUT2D eigenvalue weighted by Gasteiger charge is -2.30. The van der Waals surface area contributed by atoms with Crippen molar-refractivity contribution in [2.24, 2.45) is 5.73 Å². The van der Waals surface area contributed by atoms with Crippen molar-refractivity contribution in [3.05, 3.63) is 51.9 Å². The number of hydrogen-bond acceptors (Lipinski definition) is 7. The van der Waals surface area contributed by atoms with Gasteiger partial charge in [0.15, 0.2) is 17.1 Å². The molecule has 0 saturated carbocycles. The minimum atomic E-state index is -0.583. The molecule has 0 spiro atoms. The maximum absolute atomic E-state index is 13.3. The van der Waals surface area contributed by atoms with Gasteiger partial charge in [-0.3, -0.25) is 4.79 Å². The number of aromatic hydroxyl groups is 3. The molecule has 29 heavy (non-hydrogen) atoms. The molecule has 1 aromatic heterocycles. The van der Waals surface area contributed by atoms with Crippen LogP contribution < -0.4 is 15.9 Å². The van der Waals surface area contributed by atoms with Crippen LogP contribution >= 0.6 is 0 Å². The summed E-state index contributed by atoms with van der Waals surface area (Å²) in [5, 5.41) is 30.3. The molecule has 0 atom stereocenters. The normalized spacial score (nSPS) is 14.6. The van der Waals surface area contributed by atoms with E-state index in [1.807, 2.05) is 26.0 Å². The van der Waals surface area contributed by atoms with E-state index in [9.17, 15) is 20.1 Å². The Morgan fingerprint density at radius 3 is 2.59 bits per heavy atom. The summed E-state index contributed by atoms with van der Waals surface area (Å²) in [6, 6.07) is 4.02. The van der Waals surface area contributed by atoms with E-state index in [2.05, 4.69) is 0 Å². The van der Waals surface area contributed by atoms with Gasteiger partial charge in [-0.15, -0.1) is 0 Å². The molecular weight excluding hydrogens is 374 g/mol. The highest BCUT2D eigenvalue weighted by Crippen LogP contribution is 2.44. The highest BCUT2D eigenvalue weighted by molar-refractivity contribution is 5.97. The summed E-state index contributed by atoms with van der Waals surface area (Å²) in [5.41, 5.74) is 6.40. The molecule has 0 amide bonds. The predicted molar refractivity (Wildman–Crippen MR) is 109 cm³/mol. The van der Waals surface area contributed by atoms with Crippen molar-refractivity contribution >= 4 is 17.0 Å². The van der Waals surface area contributed by atoms with Crippen molar-refractivity contribution in [2.45, 2.75) is 25.9 Å². The second kappa shape index (κ2) is 6.56. The second-order valence-corrected chi connectivity index (χ2v) is 7.53. The first-order chi connectivity index (χ1) is 13.7. The summed E-state index contributed by atoms with van der Waals surface area (Å²) in [6.45, 7) is 4.03. The van der Waals surface area contributed by atoms with E-state index in [0.29, 0.717) is 28.9 Å². The van der Waals surface area contributed by atoms with Gasteiger partial charge in [0.1, 0.15) is 28.7 Å². The number of phenols is 3. The van der Waals surface area contributed by atoms with Crippen LogP contribution in [0, 0.1) is 0 Å². The Morgan fingerprint density at radius 1 is 1.14 bits per heavy atom. The zero-order valence-electron chi connectivity index (χ0n) is 16.0. The molecule has 0 aliphatic carbocycles. The predicted octanol–water partition coefficient (Wildman–Crippen LogP) is 3.26. The molecule has 4 rings (SSSR count). The van der Waals surface area contributed by atoms with E-state index in [-0.39, 0.29) is 40.3 Å². The third-order valence-electron chi connectivity index (χ3n) is 4.98. The van der Waals surface area contributed by atoms with Crippen LogP contribution in [0.15, 0.2) is 39.7 Å². The molecule has 0 bridgehead atoms. The third-order valence-corrected chi connectivity index (χ3v) is 4.98. The molecule has 5 N–H and O–H groups in total. The molecule has 7 heteroatoms. The molecule has 0 radical (unpaired) electrons. The van der Waals surface area contributed by atoms with E-state index in [1.54, 1.807) is 0 Å². The Hall–Kier alpha value is -3.45. The number of fused-ring (bicyclic) bond motifs is 3. The van der Waals surface area contributed by atoms with Crippen LogP contribution in [0.5, 0.6) is 23.0 Å². The maximum atomic E-state index is 13.3. The van der Waals surface area contributed by atoms with Crippen molar-refractivity contribution < 1.29 is 24.5 Å².